The number of ether oxygens (including phenoxy) is 1. The summed E-state index contributed by atoms with van der Waals surface area (Å²) in [6.45, 7) is 2.10. The number of methoxy groups -OCH3 is 1. The number of hydrogen-bond donors (Lipinski definition) is 0. The lowest BCUT2D eigenvalue weighted by atomic mass is 10.1. The number of para-hydroxylation sites is 1. The maximum atomic E-state index is 6.35. The highest BCUT2D eigenvalue weighted by molar-refractivity contribution is 7.25. The van der Waals surface area contributed by atoms with Crippen LogP contribution in [-0.4, -0.2) is 11.5 Å². The summed E-state index contributed by atoms with van der Waals surface area (Å²) in [7, 11) is 1.72. The van der Waals surface area contributed by atoms with Crippen LogP contribution >= 0.6 is 11.3 Å². The molecule has 0 N–H and O–H groups in total. The molecule has 0 spiro atoms. The molecule has 7 aromatic rings. The van der Waals surface area contributed by atoms with E-state index in [2.05, 4.69) is 65.9 Å². The molecule has 0 radical (unpaired) electrons. The lowest BCUT2D eigenvalue weighted by molar-refractivity contribution is 0.415. The maximum Gasteiger partial charge on any atom is 0.161 e. The van der Waals surface area contributed by atoms with Crippen LogP contribution in [-0.2, 0) is 0 Å². The summed E-state index contributed by atoms with van der Waals surface area (Å²) >= 11 is 1.82. The Morgan fingerprint density at radius 3 is 2.64 bits per heavy atom. The zero-order valence-electron chi connectivity index (χ0n) is 15.4. The van der Waals surface area contributed by atoms with E-state index < -0.39 is 0 Å². The summed E-state index contributed by atoms with van der Waals surface area (Å²) in [6.07, 6.45) is 0. The average molecular weight is 381 g/mol. The molecule has 134 valence electrons. The second-order valence-corrected chi connectivity index (χ2v) is 8.49. The fourth-order valence-electron chi connectivity index (χ4n) is 4.69. The molecule has 0 aliphatic carbocycles. The summed E-state index contributed by atoms with van der Waals surface area (Å²) in [4.78, 5) is 1.27. The van der Waals surface area contributed by atoms with Gasteiger partial charge in [0.1, 0.15) is 21.7 Å². The average Bonchev–Trinajstić information content (AvgIpc) is 3.41. The van der Waals surface area contributed by atoms with E-state index in [-0.39, 0.29) is 0 Å². The third-order valence-electron chi connectivity index (χ3n) is 5.90. The van der Waals surface area contributed by atoms with Gasteiger partial charge < -0.3 is 9.15 Å². The molecule has 0 saturated carbocycles. The van der Waals surface area contributed by atoms with E-state index in [0.717, 1.165) is 16.9 Å². The topological polar surface area (TPSA) is 26.8 Å². The van der Waals surface area contributed by atoms with Gasteiger partial charge >= 0.3 is 0 Å². The largest absolute Gasteiger partial charge is 0.497 e. The summed E-state index contributed by atoms with van der Waals surface area (Å²) in [5.41, 5.74) is 5.59. The number of thiophene rings is 1. The van der Waals surface area contributed by atoms with E-state index in [4.69, 9.17) is 9.15 Å². The van der Waals surface area contributed by atoms with Gasteiger partial charge in [0.05, 0.1) is 12.6 Å². The van der Waals surface area contributed by atoms with Crippen molar-refractivity contribution >= 4 is 70.0 Å². The Balaban J connectivity index is 1.81. The Morgan fingerprint density at radius 2 is 1.75 bits per heavy atom. The Morgan fingerprint density at radius 1 is 0.893 bits per heavy atom. The molecule has 0 unspecified atom stereocenters. The van der Waals surface area contributed by atoms with E-state index in [0.29, 0.717) is 0 Å². The van der Waals surface area contributed by atoms with Crippen LogP contribution in [0.3, 0.4) is 0 Å². The quantitative estimate of drug-likeness (QED) is 0.303. The van der Waals surface area contributed by atoms with Gasteiger partial charge in [-0.3, -0.25) is 4.40 Å². The minimum atomic E-state index is 0.896. The van der Waals surface area contributed by atoms with Gasteiger partial charge in [0.2, 0.25) is 0 Å². The zero-order chi connectivity index (χ0) is 18.6. The molecule has 7 rings (SSSR count). The first kappa shape index (κ1) is 14.8. The standard InChI is InChI=1S/C24H15NO2S/c1-12-6-8-14-18(10-12)27-23-17-5-3-4-16-20-15-9-7-13(26-2)11-19(15)28-24(20)25(21(16)17)22(14)23/h3-11H,1-2H3. The summed E-state index contributed by atoms with van der Waals surface area (Å²) in [5.74, 6) is 0.896. The Kier molecular flexibility index (Phi) is 2.52. The second kappa shape index (κ2) is 4.78. The number of furan rings is 1. The number of nitrogens with zero attached hydrogens (tertiary/aromatic N) is 1. The fraction of sp³-hybridized carbons (Fsp3) is 0.0833. The van der Waals surface area contributed by atoms with Gasteiger partial charge in [0.15, 0.2) is 5.58 Å². The van der Waals surface area contributed by atoms with Crippen LogP contribution in [0, 0.1) is 6.92 Å². The molecule has 4 heteroatoms. The predicted octanol–water partition coefficient (Wildman–Crippen LogP) is 7.11. The van der Waals surface area contributed by atoms with Crippen molar-refractivity contribution in [2.75, 3.05) is 7.11 Å². The van der Waals surface area contributed by atoms with Gasteiger partial charge in [0.25, 0.3) is 0 Å². The number of aromatic nitrogens is 1. The van der Waals surface area contributed by atoms with Crippen molar-refractivity contribution in [2.24, 2.45) is 0 Å². The van der Waals surface area contributed by atoms with Crippen LogP contribution < -0.4 is 4.74 Å². The Hall–Kier alpha value is -3.24. The van der Waals surface area contributed by atoms with Crippen molar-refractivity contribution < 1.29 is 9.15 Å². The first-order valence-electron chi connectivity index (χ1n) is 9.32. The number of aryl methyl sites for hydroxylation is 1. The van der Waals surface area contributed by atoms with E-state index in [1.54, 1.807) is 7.11 Å². The number of hydrogen-bond acceptors (Lipinski definition) is 3. The molecule has 0 aliphatic rings. The normalized spacial score (nSPS) is 12.6. The Bertz CT molecular complexity index is 1710. The molecule has 0 amide bonds. The van der Waals surface area contributed by atoms with Crippen LogP contribution in [0.2, 0.25) is 0 Å². The predicted molar refractivity (Wildman–Crippen MR) is 118 cm³/mol. The highest BCUT2D eigenvalue weighted by Crippen LogP contribution is 2.47. The molecule has 0 bridgehead atoms. The maximum absolute atomic E-state index is 6.35. The van der Waals surface area contributed by atoms with Crippen molar-refractivity contribution in [1.82, 2.24) is 4.40 Å². The van der Waals surface area contributed by atoms with E-state index in [1.165, 1.54) is 53.1 Å². The van der Waals surface area contributed by atoms with Gasteiger partial charge in [-0.15, -0.1) is 11.3 Å². The van der Waals surface area contributed by atoms with E-state index in [9.17, 15) is 0 Å². The van der Waals surface area contributed by atoms with Crippen molar-refractivity contribution in [3.8, 4) is 5.75 Å². The van der Waals surface area contributed by atoms with Gasteiger partial charge in [-0.1, -0.05) is 18.2 Å². The summed E-state index contributed by atoms with van der Waals surface area (Å²) in [5, 5.41) is 6.26. The first-order valence-corrected chi connectivity index (χ1v) is 10.1. The van der Waals surface area contributed by atoms with Gasteiger partial charge in [0, 0.05) is 31.6 Å². The highest BCUT2D eigenvalue weighted by Gasteiger charge is 2.24. The molecule has 0 aliphatic heterocycles. The molecule has 3 nitrogen and oxygen atoms in total. The van der Waals surface area contributed by atoms with Gasteiger partial charge in [-0.25, -0.2) is 0 Å². The smallest absolute Gasteiger partial charge is 0.161 e. The van der Waals surface area contributed by atoms with Gasteiger partial charge in [-0.2, -0.15) is 0 Å². The summed E-state index contributed by atoms with van der Waals surface area (Å²) in [6, 6.07) is 19.4. The van der Waals surface area contributed by atoms with Gasteiger partial charge in [-0.05, 0) is 48.9 Å². The molecule has 0 saturated heterocycles. The third-order valence-corrected chi connectivity index (χ3v) is 7.04. The summed E-state index contributed by atoms with van der Waals surface area (Å²) < 4.78 is 15.5. The van der Waals surface area contributed by atoms with Crippen LogP contribution in [0.15, 0.2) is 59.0 Å². The van der Waals surface area contributed by atoms with Crippen molar-refractivity contribution in [1.29, 1.82) is 0 Å². The van der Waals surface area contributed by atoms with Crippen LogP contribution in [0.25, 0.3) is 58.7 Å². The number of benzene rings is 3. The molecule has 4 heterocycles. The SMILES string of the molecule is COc1ccc2c(c1)sc1c2c2cccc3c4oc5cc(C)ccc5c4n1c32. The van der Waals surface area contributed by atoms with Crippen LogP contribution in [0.1, 0.15) is 5.56 Å². The molecule has 0 fully saturated rings. The molecule has 0 atom stereocenters. The fourth-order valence-corrected chi connectivity index (χ4v) is 5.95. The zero-order valence-corrected chi connectivity index (χ0v) is 16.2. The van der Waals surface area contributed by atoms with Crippen LogP contribution in [0.4, 0.5) is 0 Å². The lowest BCUT2D eigenvalue weighted by Gasteiger charge is -1.99. The minimum absolute atomic E-state index is 0.896. The van der Waals surface area contributed by atoms with Crippen molar-refractivity contribution in [3.63, 3.8) is 0 Å². The minimum Gasteiger partial charge on any atom is -0.497 e. The Labute approximate surface area is 163 Å². The molecule has 4 aromatic heterocycles. The first-order chi connectivity index (χ1) is 13.7. The molecule has 28 heavy (non-hydrogen) atoms. The monoisotopic (exact) mass is 381 g/mol. The molecular formula is C24H15NO2S. The molecular weight excluding hydrogens is 366 g/mol. The van der Waals surface area contributed by atoms with Crippen molar-refractivity contribution in [2.45, 2.75) is 6.92 Å². The van der Waals surface area contributed by atoms with Crippen molar-refractivity contribution in [3.05, 3.63) is 60.2 Å². The van der Waals surface area contributed by atoms with E-state index >= 15 is 0 Å². The highest BCUT2D eigenvalue weighted by atomic mass is 32.1. The van der Waals surface area contributed by atoms with E-state index in [1.807, 2.05) is 11.3 Å². The lowest BCUT2D eigenvalue weighted by Crippen LogP contribution is -1.80. The number of rotatable bonds is 1. The molecule has 3 aromatic carbocycles. The van der Waals surface area contributed by atoms with Crippen LogP contribution in [0.5, 0.6) is 5.75 Å². The third kappa shape index (κ3) is 1.57. The second-order valence-electron chi connectivity index (χ2n) is 7.46. The number of fused-ring (bicyclic) bond motifs is 10.